The van der Waals surface area contributed by atoms with Crippen LogP contribution in [-0.4, -0.2) is 31.0 Å². The van der Waals surface area contributed by atoms with Crippen molar-refractivity contribution < 1.29 is 13.3 Å². The maximum Gasteiger partial charge on any atom is 0.362 e. The molecule has 0 amide bonds. The third-order valence-corrected chi connectivity index (χ3v) is 4.54. The van der Waals surface area contributed by atoms with Crippen LogP contribution >= 0.6 is 0 Å². The maximum atomic E-state index is 12.1. The Labute approximate surface area is 139 Å². The standard InChI is InChI=1S/C16H20N2O5S/c1-3-7-13-14(19)17-16(20)18(15(13)24(2,21)22)23-11-10-12-8-5-4-6-9-12/h4-6,8-9H,3,7,10-11H2,1-2H3,(H,17,19,20). The highest BCUT2D eigenvalue weighted by atomic mass is 32.2. The van der Waals surface area contributed by atoms with E-state index in [0.717, 1.165) is 11.8 Å². The quantitative estimate of drug-likeness (QED) is 0.735. The highest BCUT2D eigenvalue weighted by Gasteiger charge is 2.24. The van der Waals surface area contributed by atoms with Crippen molar-refractivity contribution in [3.63, 3.8) is 0 Å². The van der Waals surface area contributed by atoms with Crippen molar-refractivity contribution >= 4 is 9.84 Å². The fourth-order valence-electron chi connectivity index (χ4n) is 2.40. The van der Waals surface area contributed by atoms with Gasteiger partial charge in [0.05, 0.1) is 5.56 Å². The first-order chi connectivity index (χ1) is 11.3. The van der Waals surface area contributed by atoms with E-state index in [1.54, 1.807) is 0 Å². The van der Waals surface area contributed by atoms with Crippen LogP contribution in [0.3, 0.4) is 0 Å². The van der Waals surface area contributed by atoms with E-state index in [0.29, 0.717) is 17.6 Å². The second-order valence-electron chi connectivity index (χ2n) is 5.43. The van der Waals surface area contributed by atoms with E-state index >= 15 is 0 Å². The van der Waals surface area contributed by atoms with Crippen molar-refractivity contribution in [1.82, 2.24) is 9.71 Å². The zero-order chi connectivity index (χ0) is 17.7. The number of hydrogen-bond donors (Lipinski definition) is 1. The summed E-state index contributed by atoms with van der Waals surface area (Å²) < 4.78 is 24.9. The van der Waals surface area contributed by atoms with E-state index in [9.17, 15) is 18.0 Å². The number of aromatic nitrogens is 2. The summed E-state index contributed by atoms with van der Waals surface area (Å²) >= 11 is 0. The van der Waals surface area contributed by atoms with Gasteiger partial charge in [0.2, 0.25) is 0 Å². The number of benzene rings is 1. The van der Waals surface area contributed by atoms with Gasteiger partial charge in [-0.1, -0.05) is 43.7 Å². The van der Waals surface area contributed by atoms with Gasteiger partial charge in [-0.25, -0.2) is 13.2 Å². The third-order valence-electron chi connectivity index (χ3n) is 3.43. The first-order valence-electron chi connectivity index (χ1n) is 7.60. The van der Waals surface area contributed by atoms with E-state index < -0.39 is 21.1 Å². The Kier molecular flexibility index (Phi) is 5.61. The summed E-state index contributed by atoms with van der Waals surface area (Å²) in [5.41, 5.74) is -0.553. The monoisotopic (exact) mass is 352 g/mol. The summed E-state index contributed by atoms with van der Waals surface area (Å²) in [7, 11) is -3.81. The SMILES string of the molecule is CCCc1c(S(C)(=O)=O)n(OCCc2ccccc2)c(=O)[nH]c1=O. The zero-order valence-electron chi connectivity index (χ0n) is 13.6. The van der Waals surface area contributed by atoms with Gasteiger partial charge in [-0.15, -0.1) is 4.73 Å². The van der Waals surface area contributed by atoms with Gasteiger partial charge in [0.15, 0.2) is 14.9 Å². The highest BCUT2D eigenvalue weighted by Crippen LogP contribution is 2.11. The molecule has 2 aromatic rings. The minimum absolute atomic E-state index is 0.0410. The van der Waals surface area contributed by atoms with Crippen LogP contribution in [0, 0.1) is 0 Å². The molecule has 0 unspecified atom stereocenters. The molecular formula is C16H20N2O5S. The number of aromatic amines is 1. The average Bonchev–Trinajstić information content (AvgIpc) is 2.51. The molecule has 0 radical (unpaired) electrons. The van der Waals surface area contributed by atoms with Crippen LogP contribution in [0.2, 0.25) is 0 Å². The van der Waals surface area contributed by atoms with Crippen molar-refractivity contribution in [2.45, 2.75) is 31.2 Å². The molecule has 0 spiro atoms. The molecule has 1 aromatic carbocycles. The van der Waals surface area contributed by atoms with Crippen molar-refractivity contribution in [2.75, 3.05) is 12.9 Å². The van der Waals surface area contributed by atoms with Crippen LogP contribution in [0.15, 0.2) is 44.9 Å². The summed E-state index contributed by atoms with van der Waals surface area (Å²) in [6.45, 7) is 1.92. The third kappa shape index (κ3) is 4.14. The van der Waals surface area contributed by atoms with Crippen molar-refractivity contribution in [3.05, 3.63) is 62.3 Å². The molecule has 0 aliphatic carbocycles. The Morgan fingerprint density at radius 1 is 1.12 bits per heavy atom. The number of nitrogens with zero attached hydrogens (tertiary/aromatic N) is 1. The molecule has 1 aromatic heterocycles. The van der Waals surface area contributed by atoms with Crippen LogP contribution < -0.4 is 16.1 Å². The lowest BCUT2D eigenvalue weighted by Gasteiger charge is -2.15. The zero-order valence-corrected chi connectivity index (χ0v) is 14.4. The lowest BCUT2D eigenvalue weighted by molar-refractivity contribution is 0.0794. The molecular weight excluding hydrogens is 332 g/mol. The topological polar surface area (TPSA) is 98.2 Å². The van der Waals surface area contributed by atoms with Gasteiger partial charge >= 0.3 is 5.69 Å². The fourth-order valence-corrected chi connectivity index (χ4v) is 3.48. The molecule has 2 rings (SSSR count). The minimum atomic E-state index is -3.81. The average molecular weight is 352 g/mol. The van der Waals surface area contributed by atoms with Gasteiger partial charge in [0.1, 0.15) is 6.61 Å². The molecule has 1 heterocycles. The summed E-state index contributed by atoms with van der Waals surface area (Å²) in [5, 5.41) is -0.369. The number of hydrogen-bond acceptors (Lipinski definition) is 5. The molecule has 1 N–H and O–H groups in total. The van der Waals surface area contributed by atoms with E-state index in [2.05, 4.69) is 4.98 Å². The van der Waals surface area contributed by atoms with Crippen LogP contribution in [0.25, 0.3) is 0 Å². The Balaban J connectivity index is 2.39. The summed E-state index contributed by atoms with van der Waals surface area (Å²) in [6, 6.07) is 9.44. The molecule has 0 aliphatic rings. The molecule has 8 heteroatoms. The summed E-state index contributed by atoms with van der Waals surface area (Å²) in [4.78, 5) is 31.5. The molecule has 7 nitrogen and oxygen atoms in total. The number of H-pyrrole nitrogens is 1. The van der Waals surface area contributed by atoms with E-state index in [-0.39, 0.29) is 23.6 Å². The second kappa shape index (κ2) is 7.48. The first-order valence-corrected chi connectivity index (χ1v) is 9.49. The van der Waals surface area contributed by atoms with E-state index in [1.165, 1.54) is 0 Å². The van der Waals surface area contributed by atoms with Crippen LogP contribution in [0.1, 0.15) is 24.5 Å². The van der Waals surface area contributed by atoms with Crippen molar-refractivity contribution in [1.29, 1.82) is 0 Å². The Morgan fingerprint density at radius 2 is 1.79 bits per heavy atom. The molecule has 24 heavy (non-hydrogen) atoms. The minimum Gasteiger partial charge on any atom is -0.408 e. The molecule has 0 fully saturated rings. The Morgan fingerprint density at radius 3 is 2.38 bits per heavy atom. The molecule has 0 saturated heterocycles. The maximum absolute atomic E-state index is 12.1. The van der Waals surface area contributed by atoms with E-state index in [1.807, 2.05) is 37.3 Å². The van der Waals surface area contributed by atoms with Crippen LogP contribution in [0.4, 0.5) is 0 Å². The van der Waals surface area contributed by atoms with Crippen LogP contribution in [-0.2, 0) is 22.7 Å². The number of rotatable bonds is 7. The van der Waals surface area contributed by atoms with Gasteiger partial charge in [0, 0.05) is 12.7 Å². The smallest absolute Gasteiger partial charge is 0.362 e. The fraction of sp³-hybridized carbons (Fsp3) is 0.375. The first kappa shape index (κ1) is 18.0. The van der Waals surface area contributed by atoms with Gasteiger partial charge in [-0.2, -0.15) is 0 Å². The second-order valence-corrected chi connectivity index (χ2v) is 7.36. The summed E-state index contributed by atoms with van der Waals surface area (Å²) in [6.07, 6.45) is 2.25. The predicted molar refractivity (Wildman–Crippen MR) is 90.0 cm³/mol. The molecule has 0 aliphatic heterocycles. The summed E-state index contributed by atoms with van der Waals surface area (Å²) in [5.74, 6) is 0. The van der Waals surface area contributed by atoms with Crippen LogP contribution in [0.5, 0.6) is 0 Å². The molecule has 0 bridgehead atoms. The Hall–Kier alpha value is -2.35. The van der Waals surface area contributed by atoms with Gasteiger partial charge in [-0.05, 0) is 12.0 Å². The lowest BCUT2D eigenvalue weighted by atomic mass is 10.2. The van der Waals surface area contributed by atoms with Gasteiger partial charge in [-0.3, -0.25) is 9.78 Å². The molecule has 0 atom stereocenters. The van der Waals surface area contributed by atoms with Crippen molar-refractivity contribution in [3.8, 4) is 0 Å². The van der Waals surface area contributed by atoms with Gasteiger partial charge in [0.25, 0.3) is 5.56 Å². The van der Waals surface area contributed by atoms with Crippen molar-refractivity contribution in [2.24, 2.45) is 0 Å². The lowest BCUT2D eigenvalue weighted by Crippen LogP contribution is -2.40. The number of nitrogens with one attached hydrogen (secondary N) is 1. The normalized spacial score (nSPS) is 11.4. The van der Waals surface area contributed by atoms with E-state index in [4.69, 9.17) is 4.84 Å². The van der Waals surface area contributed by atoms with Gasteiger partial charge < -0.3 is 4.84 Å². The Bertz CT molecular complexity index is 914. The largest absolute Gasteiger partial charge is 0.408 e. The number of sulfone groups is 1. The predicted octanol–water partition coefficient (Wildman–Crippen LogP) is 0.564. The molecule has 130 valence electrons. The highest BCUT2D eigenvalue weighted by molar-refractivity contribution is 7.90. The molecule has 0 saturated carbocycles.